The molecule has 0 radical (unpaired) electrons. The number of rotatable bonds is 0. The van der Waals surface area contributed by atoms with E-state index in [1.54, 1.807) is 0 Å². The lowest BCUT2D eigenvalue weighted by Gasteiger charge is -2.00. The molecule has 1 aromatic carbocycles. The third-order valence-corrected chi connectivity index (χ3v) is 3.51. The number of benzene rings is 1. The Morgan fingerprint density at radius 1 is 0.889 bits per heavy atom. The van der Waals surface area contributed by atoms with Gasteiger partial charge in [0.15, 0.2) is 0 Å². The molecule has 48 valence electrons. The van der Waals surface area contributed by atoms with Gasteiger partial charge in [-0.15, -0.1) is 27.7 Å². The van der Waals surface area contributed by atoms with E-state index in [1.807, 2.05) is 6.07 Å². The maximum Gasteiger partial charge on any atom is -0.0160 e. The van der Waals surface area contributed by atoms with Crippen molar-refractivity contribution in [2.45, 2.75) is 0 Å². The zero-order valence-electron chi connectivity index (χ0n) is 4.96. The maximum absolute atomic E-state index is 2.70. The van der Waals surface area contributed by atoms with Gasteiger partial charge in [0.2, 0.25) is 0 Å². The molecular formula is C6H9P3. The van der Waals surface area contributed by atoms with Gasteiger partial charge in [0.25, 0.3) is 0 Å². The molecule has 0 aromatic heterocycles. The Morgan fingerprint density at radius 3 is 1.67 bits per heavy atom. The van der Waals surface area contributed by atoms with Crippen LogP contribution in [-0.4, -0.2) is 0 Å². The highest BCUT2D eigenvalue weighted by atomic mass is 31.0. The molecule has 0 bridgehead atoms. The Balaban J connectivity index is 3.25. The molecule has 1 rings (SSSR count). The van der Waals surface area contributed by atoms with Crippen LogP contribution in [0.3, 0.4) is 0 Å². The first-order chi connectivity index (χ1) is 4.22. The first-order valence-electron chi connectivity index (χ1n) is 2.61. The third kappa shape index (κ3) is 1.71. The van der Waals surface area contributed by atoms with E-state index < -0.39 is 0 Å². The lowest BCUT2D eigenvalue weighted by molar-refractivity contribution is 1.90. The highest BCUT2D eigenvalue weighted by Gasteiger charge is 1.92. The molecule has 3 heteroatoms. The van der Waals surface area contributed by atoms with Gasteiger partial charge in [0, 0.05) is 0 Å². The van der Waals surface area contributed by atoms with E-state index in [1.165, 1.54) is 15.9 Å². The lowest BCUT2D eigenvalue weighted by Crippen LogP contribution is -2.22. The SMILES string of the molecule is Pc1cccc(P)c1P. The molecule has 1 aromatic rings. The lowest BCUT2D eigenvalue weighted by atomic mass is 10.4. The van der Waals surface area contributed by atoms with Gasteiger partial charge in [-0.3, -0.25) is 0 Å². The van der Waals surface area contributed by atoms with Crippen LogP contribution in [0.15, 0.2) is 18.2 Å². The van der Waals surface area contributed by atoms with Gasteiger partial charge in [0.1, 0.15) is 0 Å². The van der Waals surface area contributed by atoms with Gasteiger partial charge in [0.05, 0.1) is 0 Å². The van der Waals surface area contributed by atoms with E-state index >= 15 is 0 Å². The molecule has 0 heterocycles. The van der Waals surface area contributed by atoms with Crippen LogP contribution in [0.5, 0.6) is 0 Å². The monoisotopic (exact) mass is 174 g/mol. The molecule has 0 aliphatic carbocycles. The van der Waals surface area contributed by atoms with Gasteiger partial charge < -0.3 is 0 Å². The summed E-state index contributed by atoms with van der Waals surface area (Å²) in [7, 11) is 8.08. The van der Waals surface area contributed by atoms with Crippen molar-refractivity contribution in [3.63, 3.8) is 0 Å². The second-order valence-electron chi connectivity index (χ2n) is 1.85. The highest BCUT2D eigenvalue weighted by Crippen LogP contribution is 1.93. The summed E-state index contributed by atoms with van der Waals surface area (Å²) in [4.78, 5) is 0. The van der Waals surface area contributed by atoms with Crippen LogP contribution in [0.25, 0.3) is 0 Å². The van der Waals surface area contributed by atoms with E-state index in [9.17, 15) is 0 Å². The van der Waals surface area contributed by atoms with Crippen molar-refractivity contribution >= 4 is 43.6 Å². The summed E-state index contributed by atoms with van der Waals surface area (Å²) in [5.74, 6) is 0. The molecule has 0 N–H and O–H groups in total. The summed E-state index contributed by atoms with van der Waals surface area (Å²) >= 11 is 0. The quantitative estimate of drug-likeness (QED) is 0.492. The first-order valence-corrected chi connectivity index (χ1v) is 4.34. The van der Waals surface area contributed by atoms with Crippen LogP contribution in [0, 0.1) is 0 Å². The van der Waals surface area contributed by atoms with Gasteiger partial charge in [-0.05, 0) is 15.9 Å². The Kier molecular flexibility index (Phi) is 2.59. The molecule has 0 saturated heterocycles. The van der Waals surface area contributed by atoms with Crippen LogP contribution in [0.4, 0.5) is 0 Å². The van der Waals surface area contributed by atoms with Crippen LogP contribution < -0.4 is 15.9 Å². The van der Waals surface area contributed by atoms with E-state index in [-0.39, 0.29) is 0 Å². The summed E-state index contributed by atoms with van der Waals surface area (Å²) in [5.41, 5.74) is 0. The smallest absolute Gasteiger partial charge is 0.0160 e. The maximum atomic E-state index is 2.70. The molecule has 0 nitrogen and oxygen atoms in total. The topological polar surface area (TPSA) is 0 Å². The van der Waals surface area contributed by atoms with Crippen molar-refractivity contribution in [3.05, 3.63) is 18.2 Å². The van der Waals surface area contributed by atoms with Crippen molar-refractivity contribution in [1.29, 1.82) is 0 Å². The normalized spacial score (nSPS) is 9.67. The summed E-state index contributed by atoms with van der Waals surface area (Å²) in [6.07, 6.45) is 0. The largest absolute Gasteiger partial charge is 0.105 e. The molecule has 9 heavy (non-hydrogen) atoms. The van der Waals surface area contributed by atoms with Gasteiger partial charge >= 0.3 is 0 Å². The fourth-order valence-electron chi connectivity index (χ4n) is 0.602. The second-order valence-corrected chi connectivity index (χ2v) is 3.67. The highest BCUT2D eigenvalue weighted by molar-refractivity contribution is 7.40. The molecule has 3 atom stereocenters. The minimum Gasteiger partial charge on any atom is -0.105 e. The zero-order valence-corrected chi connectivity index (χ0v) is 8.43. The molecular weight excluding hydrogens is 165 g/mol. The Morgan fingerprint density at radius 2 is 1.33 bits per heavy atom. The molecule has 0 spiro atoms. The Labute approximate surface area is 62.4 Å². The van der Waals surface area contributed by atoms with E-state index in [2.05, 4.69) is 39.9 Å². The third-order valence-electron chi connectivity index (χ3n) is 1.17. The van der Waals surface area contributed by atoms with Crippen molar-refractivity contribution in [3.8, 4) is 0 Å². The Bertz CT molecular complexity index is 199. The van der Waals surface area contributed by atoms with Crippen LogP contribution in [-0.2, 0) is 0 Å². The van der Waals surface area contributed by atoms with Crippen molar-refractivity contribution in [2.24, 2.45) is 0 Å². The minimum absolute atomic E-state index is 1.24. The fraction of sp³-hybridized carbons (Fsp3) is 0. The molecule has 0 saturated carbocycles. The average molecular weight is 174 g/mol. The van der Waals surface area contributed by atoms with Crippen LogP contribution >= 0.6 is 27.7 Å². The standard InChI is InChI=1S/C6H9P3/c7-4-2-1-3-5(8)6(4)9/h1-3H,7-9H2. The summed E-state index contributed by atoms with van der Waals surface area (Å²) in [5, 5.41) is 3.74. The first kappa shape index (κ1) is 7.62. The van der Waals surface area contributed by atoms with Crippen LogP contribution in [0.2, 0.25) is 0 Å². The van der Waals surface area contributed by atoms with Crippen molar-refractivity contribution in [1.82, 2.24) is 0 Å². The molecule has 0 aliphatic heterocycles. The van der Waals surface area contributed by atoms with E-state index in [4.69, 9.17) is 0 Å². The predicted molar refractivity (Wildman–Crippen MR) is 54.5 cm³/mol. The van der Waals surface area contributed by atoms with Gasteiger partial charge in [-0.1, -0.05) is 18.2 Å². The number of hydrogen-bond acceptors (Lipinski definition) is 0. The molecule has 0 fully saturated rings. The molecule has 3 unspecified atom stereocenters. The predicted octanol–water partition coefficient (Wildman–Crippen LogP) is 0.188. The minimum atomic E-state index is 1.24. The summed E-state index contributed by atoms with van der Waals surface area (Å²) in [6.45, 7) is 0. The van der Waals surface area contributed by atoms with Gasteiger partial charge in [-0.25, -0.2) is 0 Å². The van der Waals surface area contributed by atoms with Crippen molar-refractivity contribution < 1.29 is 0 Å². The average Bonchev–Trinajstić information content (AvgIpc) is 1.83. The van der Waals surface area contributed by atoms with Crippen molar-refractivity contribution in [2.75, 3.05) is 0 Å². The summed E-state index contributed by atoms with van der Waals surface area (Å²) < 4.78 is 0. The van der Waals surface area contributed by atoms with E-state index in [0.717, 1.165) is 0 Å². The molecule has 0 aliphatic rings. The summed E-state index contributed by atoms with van der Waals surface area (Å²) in [6, 6.07) is 6.18. The zero-order chi connectivity index (χ0) is 6.85. The fourth-order valence-corrected chi connectivity index (χ4v) is 1.52. The molecule has 0 amide bonds. The Hall–Kier alpha value is 0.510. The second kappa shape index (κ2) is 3.07. The number of hydrogen-bond donors (Lipinski definition) is 0. The van der Waals surface area contributed by atoms with E-state index in [0.29, 0.717) is 0 Å². The van der Waals surface area contributed by atoms with Crippen LogP contribution in [0.1, 0.15) is 0 Å². The van der Waals surface area contributed by atoms with Gasteiger partial charge in [-0.2, -0.15) is 0 Å².